The van der Waals surface area contributed by atoms with Crippen LogP contribution in [0.15, 0.2) is 18.2 Å². The fourth-order valence-corrected chi connectivity index (χ4v) is 1.99. The van der Waals surface area contributed by atoms with Crippen LogP contribution in [-0.2, 0) is 9.53 Å². The van der Waals surface area contributed by atoms with Crippen molar-refractivity contribution in [3.05, 3.63) is 29.3 Å². The quantitative estimate of drug-likeness (QED) is 0.873. The van der Waals surface area contributed by atoms with Crippen LogP contribution in [0.5, 0.6) is 5.75 Å². The Bertz CT molecular complexity index is 548. The third-order valence-electron chi connectivity index (χ3n) is 2.83. The highest BCUT2D eigenvalue weighted by Crippen LogP contribution is 2.28. The molecule has 1 aromatic rings. The molecule has 0 radical (unpaired) electrons. The van der Waals surface area contributed by atoms with Gasteiger partial charge in [0.2, 0.25) is 0 Å². The maximum absolute atomic E-state index is 11.9. The lowest BCUT2D eigenvalue weighted by molar-refractivity contribution is -0.137. The molecule has 0 unspecified atom stereocenters. The first-order valence-corrected chi connectivity index (χ1v) is 6.98. The molecule has 2 N–H and O–H groups in total. The monoisotopic (exact) mass is 309 g/mol. The zero-order valence-corrected chi connectivity index (χ0v) is 13.6. The van der Waals surface area contributed by atoms with Gasteiger partial charge in [0.15, 0.2) is 0 Å². The summed E-state index contributed by atoms with van der Waals surface area (Å²) in [6.07, 6.45) is -0.929. The van der Waals surface area contributed by atoms with Crippen molar-refractivity contribution in [2.45, 2.75) is 45.8 Å². The zero-order valence-electron chi connectivity index (χ0n) is 13.6. The smallest absolute Gasteiger partial charge is 0.408 e. The molecule has 0 heterocycles. The Labute approximate surface area is 130 Å². The van der Waals surface area contributed by atoms with Crippen molar-refractivity contribution in [1.82, 2.24) is 5.32 Å². The molecule has 0 fully saturated rings. The topological polar surface area (TPSA) is 84.9 Å². The standard InChI is InChI=1S/C16H23NO5/c1-10-6-7-13(21-5)11(8-10)12(9-14(18)19)17-15(20)22-16(2,3)4/h6-8,12H,9H2,1-5H3,(H,17,20)(H,18,19)/t12-/m0/s1. The molecule has 1 atom stereocenters. The van der Waals surface area contributed by atoms with Gasteiger partial charge in [-0.05, 0) is 33.8 Å². The summed E-state index contributed by atoms with van der Waals surface area (Å²) in [5.74, 6) is -0.502. The van der Waals surface area contributed by atoms with Crippen molar-refractivity contribution in [3.8, 4) is 5.75 Å². The van der Waals surface area contributed by atoms with Gasteiger partial charge in [0.1, 0.15) is 11.4 Å². The molecule has 6 heteroatoms. The van der Waals surface area contributed by atoms with Gasteiger partial charge < -0.3 is 19.9 Å². The maximum Gasteiger partial charge on any atom is 0.408 e. The molecule has 0 aliphatic carbocycles. The number of hydrogen-bond acceptors (Lipinski definition) is 4. The fraction of sp³-hybridized carbons (Fsp3) is 0.500. The average Bonchev–Trinajstić information content (AvgIpc) is 2.35. The van der Waals surface area contributed by atoms with Crippen LogP contribution in [-0.4, -0.2) is 29.9 Å². The number of carboxylic acid groups (broad SMARTS) is 1. The SMILES string of the molecule is COc1ccc(C)cc1[C@H](CC(=O)O)NC(=O)OC(C)(C)C. The highest BCUT2D eigenvalue weighted by molar-refractivity contribution is 5.72. The molecule has 0 aliphatic heterocycles. The molecule has 0 aliphatic rings. The van der Waals surface area contributed by atoms with Gasteiger partial charge in [0.25, 0.3) is 0 Å². The lowest BCUT2D eigenvalue weighted by Gasteiger charge is -2.24. The predicted octanol–water partition coefficient (Wildman–Crippen LogP) is 3.04. The number of carbonyl (C=O) groups is 2. The Morgan fingerprint density at radius 2 is 1.95 bits per heavy atom. The summed E-state index contributed by atoms with van der Waals surface area (Å²) in [6, 6.07) is 4.66. The highest BCUT2D eigenvalue weighted by Gasteiger charge is 2.24. The van der Waals surface area contributed by atoms with Crippen molar-refractivity contribution in [2.24, 2.45) is 0 Å². The largest absolute Gasteiger partial charge is 0.496 e. The predicted molar refractivity (Wildman–Crippen MR) is 82.1 cm³/mol. The molecule has 1 amide bonds. The Morgan fingerprint density at radius 3 is 2.45 bits per heavy atom. The van der Waals surface area contributed by atoms with Crippen LogP contribution in [0, 0.1) is 6.92 Å². The minimum absolute atomic E-state index is 0.265. The van der Waals surface area contributed by atoms with Crippen molar-refractivity contribution in [2.75, 3.05) is 7.11 Å². The van der Waals surface area contributed by atoms with Gasteiger partial charge >= 0.3 is 12.1 Å². The van der Waals surface area contributed by atoms with Gasteiger partial charge in [-0.3, -0.25) is 4.79 Å². The van der Waals surface area contributed by atoms with E-state index in [1.165, 1.54) is 7.11 Å². The minimum atomic E-state index is -1.02. The van der Waals surface area contributed by atoms with Crippen LogP contribution in [0.1, 0.15) is 44.4 Å². The third-order valence-corrected chi connectivity index (χ3v) is 2.83. The molecule has 22 heavy (non-hydrogen) atoms. The number of rotatable bonds is 5. The van der Waals surface area contributed by atoms with Crippen molar-refractivity contribution < 1.29 is 24.2 Å². The van der Waals surface area contributed by atoms with E-state index in [2.05, 4.69) is 5.32 Å². The van der Waals surface area contributed by atoms with E-state index in [0.29, 0.717) is 11.3 Å². The first-order chi connectivity index (χ1) is 10.1. The molecule has 1 rings (SSSR count). The molecular weight excluding hydrogens is 286 g/mol. The first-order valence-electron chi connectivity index (χ1n) is 6.98. The summed E-state index contributed by atoms with van der Waals surface area (Å²) in [7, 11) is 1.50. The lowest BCUT2D eigenvalue weighted by atomic mass is 10.0. The second kappa shape index (κ2) is 7.15. The molecule has 0 spiro atoms. The van der Waals surface area contributed by atoms with Gasteiger partial charge in [-0.15, -0.1) is 0 Å². The molecule has 0 bridgehead atoms. The van der Waals surface area contributed by atoms with E-state index in [4.69, 9.17) is 14.6 Å². The second-order valence-corrected chi connectivity index (χ2v) is 6.04. The number of aryl methyl sites for hydroxylation is 1. The van der Waals surface area contributed by atoms with E-state index < -0.39 is 23.7 Å². The van der Waals surface area contributed by atoms with E-state index in [1.54, 1.807) is 32.9 Å². The van der Waals surface area contributed by atoms with Gasteiger partial charge in [0, 0.05) is 5.56 Å². The zero-order chi connectivity index (χ0) is 16.9. The number of nitrogens with one attached hydrogen (secondary N) is 1. The lowest BCUT2D eigenvalue weighted by Crippen LogP contribution is -2.36. The number of ether oxygens (including phenoxy) is 2. The van der Waals surface area contributed by atoms with E-state index in [9.17, 15) is 9.59 Å². The Balaban J connectivity index is 3.05. The van der Waals surface area contributed by atoms with Gasteiger partial charge in [-0.1, -0.05) is 17.7 Å². The molecule has 122 valence electrons. The molecule has 1 aromatic carbocycles. The summed E-state index contributed by atoms with van der Waals surface area (Å²) in [4.78, 5) is 23.0. The van der Waals surface area contributed by atoms with Crippen LogP contribution >= 0.6 is 0 Å². The van der Waals surface area contributed by atoms with E-state index in [0.717, 1.165) is 5.56 Å². The van der Waals surface area contributed by atoms with Crippen LogP contribution in [0.4, 0.5) is 4.79 Å². The van der Waals surface area contributed by atoms with Crippen LogP contribution in [0.3, 0.4) is 0 Å². The number of carboxylic acids is 1. The average molecular weight is 309 g/mol. The molecular formula is C16H23NO5. The highest BCUT2D eigenvalue weighted by atomic mass is 16.6. The summed E-state index contributed by atoms with van der Waals surface area (Å²) < 4.78 is 10.5. The van der Waals surface area contributed by atoms with E-state index >= 15 is 0 Å². The first kappa shape index (κ1) is 17.8. The number of aliphatic carboxylic acids is 1. The summed E-state index contributed by atoms with van der Waals surface area (Å²) in [5, 5.41) is 11.7. The summed E-state index contributed by atoms with van der Waals surface area (Å²) in [5.41, 5.74) is 0.891. The van der Waals surface area contributed by atoms with Crippen molar-refractivity contribution in [3.63, 3.8) is 0 Å². The van der Waals surface area contributed by atoms with Crippen LogP contribution in [0.2, 0.25) is 0 Å². The normalized spacial score (nSPS) is 12.4. The van der Waals surface area contributed by atoms with E-state index in [-0.39, 0.29) is 6.42 Å². The third kappa shape index (κ3) is 5.63. The number of amides is 1. The molecule has 0 saturated carbocycles. The number of methoxy groups -OCH3 is 1. The Hall–Kier alpha value is -2.24. The van der Waals surface area contributed by atoms with Crippen LogP contribution < -0.4 is 10.1 Å². The van der Waals surface area contributed by atoms with Gasteiger partial charge in [-0.2, -0.15) is 0 Å². The Kier molecular flexibility index (Phi) is 5.79. The minimum Gasteiger partial charge on any atom is -0.496 e. The number of benzene rings is 1. The number of carbonyl (C=O) groups excluding carboxylic acids is 1. The fourth-order valence-electron chi connectivity index (χ4n) is 1.99. The van der Waals surface area contributed by atoms with Crippen molar-refractivity contribution >= 4 is 12.1 Å². The second-order valence-electron chi connectivity index (χ2n) is 6.04. The van der Waals surface area contributed by atoms with E-state index in [1.807, 2.05) is 13.0 Å². The van der Waals surface area contributed by atoms with Crippen LogP contribution in [0.25, 0.3) is 0 Å². The van der Waals surface area contributed by atoms with Gasteiger partial charge in [0.05, 0.1) is 19.6 Å². The number of hydrogen-bond donors (Lipinski definition) is 2. The summed E-state index contributed by atoms with van der Waals surface area (Å²) >= 11 is 0. The van der Waals surface area contributed by atoms with Gasteiger partial charge in [-0.25, -0.2) is 4.79 Å². The molecule has 0 saturated heterocycles. The number of alkyl carbamates (subject to hydrolysis) is 1. The summed E-state index contributed by atoms with van der Waals surface area (Å²) in [6.45, 7) is 7.11. The molecule has 0 aromatic heterocycles. The van der Waals surface area contributed by atoms with Crippen molar-refractivity contribution in [1.29, 1.82) is 0 Å². The Morgan fingerprint density at radius 1 is 1.32 bits per heavy atom. The maximum atomic E-state index is 11.9. The molecule has 6 nitrogen and oxygen atoms in total.